The van der Waals surface area contributed by atoms with Gasteiger partial charge < -0.3 is 19.5 Å². The van der Waals surface area contributed by atoms with Gasteiger partial charge in [-0.25, -0.2) is 4.98 Å². The number of hydrogen-bond acceptors (Lipinski definition) is 8. The molecule has 1 fully saturated rings. The van der Waals surface area contributed by atoms with E-state index in [9.17, 15) is 14.7 Å². The van der Waals surface area contributed by atoms with Crippen LogP contribution in [0.15, 0.2) is 72.3 Å². The van der Waals surface area contributed by atoms with Crippen LogP contribution in [0.4, 0.5) is 10.8 Å². The van der Waals surface area contributed by atoms with E-state index in [-0.39, 0.29) is 11.3 Å². The Morgan fingerprint density at radius 1 is 1.05 bits per heavy atom. The minimum atomic E-state index is -0.871. The molecule has 0 aliphatic carbocycles. The average molecular weight is 530 g/mol. The molecule has 2 heterocycles. The maximum Gasteiger partial charge on any atom is 0.301 e. The molecule has 3 aromatic carbocycles. The monoisotopic (exact) mass is 529 g/mol. The van der Waals surface area contributed by atoms with Crippen LogP contribution in [0.1, 0.15) is 24.1 Å². The second kappa shape index (κ2) is 10.2. The van der Waals surface area contributed by atoms with Gasteiger partial charge in [-0.3, -0.25) is 14.5 Å². The number of nitrogens with zero attached hydrogens (tertiary/aromatic N) is 3. The van der Waals surface area contributed by atoms with Gasteiger partial charge in [-0.1, -0.05) is 35.6 Å². The minimum Gasteiger partial charge on any atom is -0.507 e. The van der Waals surface area contributed by atoms with E-state index in [0.29, 0.717) is 39.9 Å². The summed E-state index contributed by atoms with van der Waals surface area (Å²) in [6.07, 6.45) is 0. The fourth-order valence-electron chi connectivity index (χ4n) is 4.48. The normalized spacial score (nSPS) is 16.7. The van der Waals surface area contributed by atoms with Crippen LogP contribution in [-0.2, 0) is 9.59 Å². The summed E-state index contributed by atoms with van der Waals surface area (Å²) in [7, 11) is 5.39. The first-order valence-corrected chi connectivity index (χ1v) is 12.9. The average Bonchev–Trinajstić information content (AvgIpc) is 3.46. The van der Waals surface area contributed by atoms with Crippen molar-refractivity contribution < 1.29 is 24.2 Å². The molecule has 1 aromatic heterocycles. The van der Waals surface area contributed by atoms with E-state index in [0.717, 1.165) is 10.4 Å². The smallest absolute Gasteiger partial charge is 0.301 e. The quantitative estimate of drug-likeness (QED) is 0.195. The standard InChI is InChI=1S/C29H27N3O5S/c1-5-37-21-13-14-22-23(16-21)38-29(30-22)32-25(17-9-11-19(12-10-17)31(2)3)24(27(34)28(32)35)26(33)18-7-6-8-20(15-18)36-4/h6-16,25,33H,5H2,1-4H3/b26-24+. The van der Waals surface area contributed by atoms with Crippen molar-refractivity contribution in [2.24, 2.45) is 0 Å². The first-order chi connectivity index (χ1) is 18.3. The highest BCUT2D eigenvalue weighted by Crippen LogP contribution is 2.45. The molecule has 4 aromatic rings. The molecule has 194 valence electrons. The van der Waals surface area contributed by atoms with Crippen molar-refractivity contribution in [2.75, 3.05) is 37.6 Å². The van der Waals surface area contributed by atoms with Crippen LogP contribution in [0.5, 0.6) is 11.5 Å². The molecular weight excluding hydrogens is 502 g/mol. The molecule has 1 unspecified atom stereocenters. The van der Waals surface area contributed by atoms with E-state index >= 15 is 0 Å². The number of carbonyl (C=O) groups excluding carboxylic acids is 2. The number of ketones is 1. The Labute approximate surface area is 224 Å². The van der Waals surface area contributed by atoms with Crippen LogP contribution >= 0.6 is 11.3 Å². The van der Waals surface area contributed by atoms with Gasteiger partial charge in [0.25, 0.3) is 5.78 Å². The van der Waals surface area contributed by atoms with E-state index < -0.39 is 17.7 Å². The van der Waals surface area contributed by atoms with E-state index in [2.05, 4.69) is 4.98 Å². The molecule has 38 heavy (non-hydrogen) atoms. The number of rotatable bonds is 7. The van der Waals surface area contributed by atoms with Crippen LogP contribution in [0.2, 0.25) is 0 Å². The molecule has 1 N–H and O–H groups in total. The first kappa shape index (κ1) is 25.3. The number of fused-ring (bicyclic) bond motifs is 1. The second-order valence-corrected chi connectivity index (χ2v) is 9.96. The van der Waals surface area contributed by atoms with Crippen molar-refractivity contribution in [1.82, 2.24) is 4.98 Å². The summed E-state index contributed by atoms with van der Waals surface area (Å²) in [4.78, 5) is 35.0. The molecule has 1 aliphatic rings. The Balaban J connectivity index is 1.69. The zero-order valence-corrected chi connectivity index (χ0v) is 22.3. The molecule has 9 heteroatoms. The van der Waals surface area contributed by atoms with Gasteiger partial charge >= 0.3 is 5.91 Å². The Kier molecular flexibility index (Phi) is 6.77. The van der Waals surface area contributed by atoms with Crippen LogP contribution in [0.3, 0.4) is 0 Å². The highest BCUT2D eigenvalue weighted by atomic mass is 32.1. The minimum absolute atomic E-state index is 0.00452. The van der Waals surface area contributed by atoms with Gasteiger partial charge in [0.15, 0.2) is 5.13 Å². The summed E-state index contributed by atoms with van der Waals surface area (Å²) in [6, 6.07) is 18.9. The number of anilines is 2. The number of ether oxygens (including phenoxy) is 2. The van der Waals surface area contributed by atoms with Crippen molar-refractivity contribution in [3.63, 3.8) is 0 Å². The largest absolute Gasteiger partial charge is 0.507 e. The zero-order valence-electron chi connectivity index (χ0n) is 21.5. The van der Waals surface area contributed by atoms with Gasteiger partial charge in [0.05, 0.1) is 35.5 Å². The van der Waals surface area contributed by atoms with E-state index in [4.69, 9.17) is 9.47 Å². The van der Waals surface area contributed by atoms with E-state index in [1.165, 1.54) is 23.3 Å². The number of thiazole rings is 1. The Morgan fingerprint density at radius 3 is 2.50 bits per heavy atom. The molecule has 1 amide bonds. The molecule has 0 bridgehead atoms. The molecular formula is C29H27N3O5S. The molecule has 0 spiro atoms. The highest BCUT2D eigenvalue weighted by Gasteiger charge is 2.48. The lowest BCUT2D eigenvalue weighted by Gasteiger charge is -2.23. The van der Waals surface area contributed by atoms with Crippen molar-refractivity contribution in [3.8, 4) is 11.5 Å². The Hall–Kier alpha value is -4.37. The van der Waals surface area contributed by atoms with Crippen molar-refractivity contribution in [3.05, 3.63) is 83.4 Å². The summed E-state index contributed by atoms with van der Waals surface area (Å²) >= 11 is 1.29. The number of amides is 1. The van der Waals surface area contributed by atoms with Gasteiger partial charge in [-0.15, -0.1) is 0 Å². The van der Waals surface area contributed by atoms with Crippen LogP contribution in [0, 0.1) is 0 Å². The maximum absolute atomic E-state index is 13.5. The van der Waals surface area contributed by atoms with Crippen molar-refractivity contribution in [2.45, 2.75) is 13.0 Å². The fourth-order valence-corrected chi connectivity index (χ4v) is 5.50. The third kappa shape index (κ3) is 4.45. The maximum atomic E-state index is 13.5. The van der Waals surface area contributed by atoms with E-state index in [1.807, 2.05) is 68.4 Å². The number of aromatic nitrogens is 1. The van der Waals surface area contributed by atoms with E-state index in [1.54, 1.807) is 24.3 Å². The SMILES string of the molecule is CCOc1ccc2nc(N3C(=O)C(=O)/C(=C(/O)c4cccc(OC)c4)C3c3ccc(N(C)C)cc3)sc2c1. The Morgan fingerprint density at radius 2 is 1.82 bits per heavy atom. The predicted molar refractivity (Wildman–Crippen MR) is 149 cm³/mol. The Bertz CT molecular complexity index is 1560. The highest BCUT2D eigenvalue weighted by molar-refractivity contribution is 7.22. The van der Waals surface area contributed by atoms with Gasteiger partial charge in [0, 0.05) is 25.3 Å². The lowest BCUT2D eigenvalue weighted by Crippen LogP contribution is -2.29. The van der Waals surface area contributed by atoms with Crippen LogP contribution < -0.4 is 19.3 Å². The fraction of sp³-hybridized carbons (Fsp3) is 0.207. The molecule has 1 atom stereocenters. The number of aliphatic hydroxyl groups excluding tert-OH is 1. The molecule has 0 saturated carbocycles. The summed E-state index contributed by atoms with van der Waals surface area (Å²) in [6.45, 7) is 2.44. The summed E-state index contributed by atoms with van der Waals surface area (Å²) < 4.78 is 11.7. The lowest BCUT2D eigenvalue weighted by molar-refractivity contribution is -0.132. The third-order valence-corrected chi connectivity index (χ3v) is 7.40. The molecule has 8 nitrogen and oxygen atoms in total. The van der Waals surface area contributed by atoms with Crippen LogP contribution in [-0.4, -0.2) is 49.6 Å². The first-order valence-electron chi connectivity index (χ1n) is 12.1. The number of benzene rings is 3. The zero-order chi connectivity index (χ0) is 27.0. The molecule has 1 saturated heterocycles. The number of hydrogen-bond donors (Lipinski definition) is 1. The van der Waals surface area contributed by atoms with Crippen molar-refractivity contribution in [1.29, 1.82) is 0 Å². The number of carbonyl (C=O) groups is 2. The van der Waals surface area contributed by atoms with Crippen LogP contribution in [0.25, 0.3) is 16.0 Å². The lowest BCUT2D eigenvalue weighted by atomic mass is 9.95. The second-order valence-electron chi connectivity index (χ2n) is 8.95. The topological polar surface area (TPSA) is 92.2 Å². The summed E-state index contributed by atoms with van der Waals surface area (Å²) in [5.74, 6) is -0.579. The van der Waals surface area contributed by atoms with Gasteiger partial charge in [-0.2, -0.15) is 0 Å². The predicted octanol–water partition coefficient (Wildman–Crippen LogP) is 5.40. The summed E-state index contributed by atoms with van der Waals surface area (Å²) in [5.41, 5.74) is 2.69. The third-order valence-electron chi connectivity index (χ3n) is 6.38. The van der Waals surface area contributed by atoms with Gasteiger partial charge in [0.1, 0.15) is 17.3 Å². The van der Waals surface area contributed by atoms with Crippen molar-refractivity contribution >= 4 is 49.8 Å². The van der Waals surface area contributed by atoms with Gasteiger partial charge in [-0.05, 0) is 55.0 Å². The molecule has 1 aliphatic heterocycles. The number of methoxy groups -OCH3 is 1. The summed E-state index contributed by atoms with van der Waals surface area (Å²) in [5, 5.41) is 11.7. The molecule has 0 radical (unpaired) electrons. The molecule has 5 rings (SSSR count). The number of aliphatic hydroxyl groups is 1. The van der Waals surface area contributed by atoms with Gasteiger partial charge in [0.2, 0.25) is 0 Å². The number of Topliss-reactive ketones (excluding diaryl/α,β-unsaturated/α-hetero) is 1.